The van der Waals surface area contributed by atoms with Crippen molar-refractivity contribution in [2.45, 2.75) is 64.4 Å². The van der Waals surface area contributed by atoms with E-state index in [9.17, 15) is 9.59 Å². The number of thioether (sulfide) groups is 1. The van der Waals surface area contributed by atoms with Crippen molar-refractivity contribution in [1.82, 2.24) is 9.80 Å². The van der Waals surface area contributed by atoms with Crippen molar-refractivity contribution in [3.63, 3.8) is 0 Å². The third-order valence-electron chi connectivity index (χ3n) is 2.90. The third kappa shape index (κ3) is 36.2. The van der Waals surface area contributed by atoms with Crippen molar-refractivity contribution in [3.8, 4) is 0 Å². The van der Waals surface area contributed by atoms with Crippen LogP contribution in [0.5, 0.6) is 0 Å². The fourth-order valence-corrected chi connectivity index (χ4v) is 3.60. The Kier molecular flexibility index (Phi) is 42.4. The van der Waals surface area contributed by atoms with Crippen LogP contribution in [0.15, 0.2) is 0 Å². The molecular formula is C18H35Cl4N2NaO3S4. The summed E-state index contributed by atoms with van der Waals surface area (Å²) in [4.78, 5) is 24.2. The Balaban J connectivity index is -0.0000000798. The van der Waals surface area contributed by atoms with E-state index in [2.05, 4.69) is 0 Å². The van der Waals surface area contributed by atoms with Gasteiger partial charge < -0.3 is 44.5 Å². The molecule has 0 radical (unpaired) electrons. The second-order valence-electron chi connectivity index (χ2n) is 5.95. The average Bonchev–Trinajstić information content (AvgIpc) is 2.55. The number of carbonyl (C=O) groups is 2. The van der Waals surface area contributed by atoms with Crippen molar-refractivity contribution >= 4 is 116 Å². The van der Waals surface area contributed by atoms with Crippen molar-refractivity contribution in [2.24, 2.45) is 0 Å². The van der Waals surface area contributed by atoms with E-state index in [1.807, 2.05) is 37.5 Å². The van der Waals surface area contributed by atoms with Crippen molar-refractivity contribution in [2.75, 3.05) is 26.2 Å². The second-order valence-corrected chi connectivity index (χ2v) is 11.2. The van der Waals surface area contributed by atoms with Gasteiger partial charge in [0.1, 0.15) is 14.9 Å². The number of aliphatic carboxylic acids is 1. The molecule has 1 N–H and O–H groups in total. The molecule has 0 rings (SSSR count). The molecule has 14 heteroatoms. The fourth-order valence-electron chi connectivity index (χ4n) is 1.29. The molecule has 32 heavy (non-hydrogen) atoms. The summed E-state index contributed by atoms with van der Waals surface area (Å²) >= 11 is 30.3. The minimum atomic E-state index is -0.848. The molecule has 0 aromatic carbocycles. The fraction of sp³-hybridized carbons (Fsp3) is 0.778. The molecule has 0 atom stereocenters. The molecule has 0 aliphatic rings. The Labute approximate surface area is 258 Å². The van der Waals surface area contributed by atoms with E-state index in [1.54, 1.807) is 13.8 Å². The molecule has 5 nitrogen and oxygen atoms in total. The number of halogens is 4. The number of carboxylic acid groups (broad SMARTS) is 1. The molecular weight excluding hydrogens is 585 g/mol. The van der Waals surface area contributed by atoms with Crippen LogP contribution in [-0.4, -0.2) is 70.5 Å². The predicted octanol–water partition coefficient (Wildman–Crippen LogP) is 3.38. The number of nitrogens with zero attached hydrogens (tertiary/aromatic N) is 2. The molecule has 0 fully saturated rings. The summed E-state index contributed by atoms with van der Waals surface area (Å²) in [5.74, 6) is -0.669. The molecule has 188 valence electrons. The molecule has 0 bridgehead atoms. The number of hydrogen-bond acceptors (Lipinski definition) is 6. The molecule has 0 aliphatic heterocycles. The number of carboxylic acids is 1. The number of rotatable bonds is 6. The first kappa shape index (κ1) is 46.9. The second kappa shape index (κ2) is 28.9. The quantitative estimate of drug-likeness (QED) is 0.209. The molecule has 0 heterocycles. The van der Waals surface area contributed by atoms with Crippen LogP contribution >= 0.6 is 83.4 Å². The number of alkyl halides is 3. The maximum absolute atomic E-state index is 10.9. The Morgan fingerprint density at radius 1 is 0.969 bits per heavy atom. The summed E-state index contributed by atoms with van der Waals surface area (Å²) in [5, 5.41) is 8.92. The van der Waals surface area contributed by atoms with Crippen LogP contribution in [0.25, 0.3) is 0 Å². The molecule has 0 saturated heterocycles. The van der Waals surface area contributed by atoms with Gasteiger partial charge in [-0.3, -0.25) is 4.79 Å². The van der Waals surface area contributed by atoms with Gasteiger partial charge in [-0.15, -0.1) is 12.4 Å². The van der Waals surface area contributed by atoms with Crippen molar-refractivity contribution in [3.05, 3.63) is 0 Å². The largest absolute Gasteiger partial charge is 1.00 e. The summed E-state index contributed by atoms with van der Waals surface area (Å²) in [7, 11) is 0. The molecule has 0 spiro atoms. The molecule has 0 saturated carbocycles. The van der Waals surface area contributed by atoms with Gasteiger partial charge in [0.15, 0.2) is 4.30 Å². The van der Waals surface area contributed by atoms with E-state index in [4.69, 9.17) is 77.0 Å². The van der Waals surface area contributed by atoms with Gasteiger partial charge in [0.25, 0.3) is 0 Å². The van der Waals surface area contributed by atoms with E-state index in [0.29, 0.717) is 8.64 Å². The first-order chi connectivity index (χ1) is 13.5. The summed E-state index contributed by atoms with van der Waals surface area (Å²) in [6, 6.07) is 0. The van der Waals surface area contributed by atoms with Gasteiger partial charge in [-0.2, -0.15) is 0 Å². The van der Waals surface area contributed by atoms with Gasteiger partial charge in [-0.05, 0) is 55.4 Å². The minimum absolute atomic E-state index is 0. The molecule has 0 aromatic heterocycles. The van der Waals surface area contributed by atoms with Crippen molar-refractivity contribution in [1.29, 1.82) is 0 Å². The zero-order valence-electron chi connectivity index (χ0n) is 20.2. The predicted molar refractivity (Wildman–Crippen MR) is 153 cm³/mol. The van der Waals surface area contributed by atoms with Gasteiger partial charge in [0.2, 0.25) is 0 Å². The number of thiocarbonyl (C=S) groups is 2. The van der Waals surface area contributed by atoms with Crippen LogP contribution in [0.4, 0.5) is 0 Å². The first-order valence-corrected chi connectivity index (χ1v) is 12.4. The Morgan fingerprint density at radius 2 is 1.22 bits per heavy atom. The van der Waals surface area contributed by atoms with Gasteiger partial charge in [0, 0.05) is 26.2 Å². The van der Waals surface area contributed by atoms with E-state index in [1.165, 1.54) is 25.6 Å². The SMILES string of the molecule is CC(C)=O.CCN(CC)C(=S)SC(C)(C)C(=O)O.CCN(CC)C(=S)[S-].Cl.ClC(Cl)Cl.[Na+]. The van der Waals surface area contributed by atoms with Gasteiger partial charge in [0.05, 0.1) is 0 Å². The molecule has 0 amide bonds. The number of hydrogen-bond donors (Lipinski definition) is 1. The van der Waals surface area contributed by atoms with Crippen molar-refractivity contribution < 1.29 is 44.3 Å². The van der Waals surface area contributed by atoms with E-state index in [-0.39, 0.29) is 47.7 Å². The van der Waals surface area contributed by atoms with E-state index >= 15 is 0 Å². The Bertz CT molecular complexity index is 506. The Hall–Kier alpha value is 1.65. The van der Waals surface area contributed by atoms with E-state index in [0.717, 1.165) is 26.2 Å². The van der Waals surface area contributed by atoms with Gasteiger partial charge in [-0.1, -0.05) is 63.1 Å². The van der Waals surface area contributed by atoms with Gasteiger partial charge >= 0.3 is 35.5 Å². The monoisotopic (exact) mass is 618 g/mol. The van der Waals surface area contributed by atoms with Crippen LogP contribution in [0, 0.1) is 0 Å². The van der Waals surface area contributed by atoms with Crippen LogP contribution in [0.1, 0.15) is 55.4 Å². The normalized spacial score (nSPS) is 9.00. The average molecular weight is 621 g/mol. The minimum Gasteiger partial charge on any atom is -0.480 e. The topological polar surface area (TPSA) is 60.9 Å². The third-order valence-corrected chi connectivity index (χ3v) is 5.04. The summed E-state index contributed by atoms with van der Waals surface area (Å²) in [5.41, 5.74) is 0. The number of Topliss-reactive ketones (excluding diaryl/α,β-unsaturated/α-hetero) is 1. The van der Waals surface area contributed by atoms with Crippen LogP contribution < -0.4 is 29.6 Å². The van der Waals surface area contributed by atoms with Gasteiger partial charge in [-0.25, -0.2) is 0 Å². The van der Waals surface area contributed by atoms with E-state index < -0.39 is 15.0 Å². The van der Waals surface area contributed by atoms with Crippen LogP contribution in [0.2, 0.25) is 0 Å². The number of ketones is 1. The smallest absolute Gasteiger partial charge is 0.480 e. The Morgan fingerprint density at radius 3 is 1.34 bits per heavy atom. The summed E-state index contributed by atoms with van der Waals surface area (Å²) < 4.78 is -0.364. The number of carbonyl (C=O) groups excluding carboxylic acids is 1. The summed E-state index contributed by atoms with van der Waals surface area (Å²) in [6.07, 6.45) is 0. The zero-order chi connectivity index (χ0) is 25.1. The standard InChI is InChI=1S/C9H17NO2S2.C5H11NS2.C3H6O.CHCl3.ClH.Na/c1-5-10(6-2)8(13)14-9(3,4)7(11)12;1-3-6(4-2)5(7)8;1-3(2)4;2-1(3)4;;/h5-6H2,1-4H3,(H,11,12);3-4H2,1-2H3,(H,7,8);1-2H3;1H;1H;/q;;;;;+1/p-1. The summed E-state index contributed by atoms with van der Waals surface area (Å²) in [6.45, 7) is 18.0. The maximum Gasteiger partial charge on any atom is 1.00 e. The zero-order valence-corrected chi connectivity index (χ0v) is 28.6. The first-order valence-electron chi connectivity index (χ1n) is 9.10. The van der Waals surface area contributed by atoms with Crippen LogP contribution in [-0.2, 0) is 22.2 Å². The molecule has 0 aliphatic carbocycles. The molecule has 0 unspecified atom stereocenters. The molecule has 0 aromatic rings. The van der Waals surface area contributed by atoms with Crippen LogP contribution in [0.3, 0.4) is 0 Å². The maximum atomic E-state index is 10.9.